The average molecular weight is 224 g/mol. The largest absolute Gasteiger partial charge is 0.376 e. The number of ether oxygens (including phenoxy) is 1. The van der Waals surface area contributed by atoms with Gasteiger partial charge < -0.3 is 10.1 Å². The SMILES string of the molecule is CC1OCCC1NC(=O)c1ccncc1F. The number of carbonyl (C=O) groups is 1. The Morgan fingerprint density at radius 1 is 1.69 bits per heavy atom. The van der Waals surface area contributed by atoms with Gasteiger partial charge in [-0.2, -0.15) is 0 Å². The first-order valence-electron chi connectivity index (χ1n) is 5.20. The zero-order valence-electron chi connectivity index (χ0n) is 8.94. The summed E-state index contributed by atoms with van der Waals surface area (Å²) in [4.78, 5) is 15.3. The quantitative estimate of drug-likeness (QED) is 0.819. The number of hydrogen-bond donors (Lipinski definition) is 1. The Morgan fingerprint density at radius 2 is 2.50 bits per heavy atom. The first-order chi connectivity index (χ1) is 7.68. The minimum Gasteiger partial charge on any atom is -0.376 e. The molecule has 0 spiro atoms. The Bertz CT molecular complexity index is 397. The second kappa shape index (κ2) is 4.57. The second-order valence-corrected chi connectivity index (χ2v) is 3.80. The molecule has 0 saturated carbocycles. The highest BCUT2D eigenvalue weighted by Gasteiger charge is 2.26. The molecule has 0 bridgehead atoms. The van der Waals surface area contributed by atoms with Gasteiger partial charge in [0, 0.05) is 12.8 Å². The van der Waals surface area contributed by atoms with Crippen LogP contribution in [0.1, 0.15) is 23.7 Å². The summed E-state index contributed by atoms with van der Waals surface area (Å²) in [7, 11) is 0. The minimum absolute atomic E-state index is 0.0196. The standard InChI is InChI=1S/C11H13FN2O2/c1-7-10(3-5-16-7)14-11(15)8-2-4-13-6-9(8)12/h2,4,6-7,10H,3,5H2,1H3,(H,14,15). The lowest BCUT2D eigenvalue weighted by atomic mass is 10.1. The number of hydrogen-bond acceptors (Lipinski definition) is 3. The van der Waals surface area contributed by atoms with Crippen molar-refractivity contribution in [2.24, 2.45) is 0 Å². The van der Waals surface area contributed by atoms with Crippen LogP contribution in [0.4, 0.5) is 4.39 Å². The number of pyridine rings is 1. The number of amides is 1. The normalized spacial score (nSPS) is 24.4. The molecular weight excluding hydrogens is 211 g/mol. The van der Waals surface area contributed by atoms with Gasteiger partial charge >= 0.3 is 0 Å². The van der Waals surface area contributed by atoms with Gasteiger partial charge in [-0.25, -0.2) is 4.39 Å². The van der Waals surface area contributed by atoms with Crippen LogP contribution in [0.3, 0.4) is 0 Å². The summed E-state index contributed by atoms with van der Waals surface area (Å²) in [6.45, 7) is 2.52. The van der Waals surface area contributed by atoms with Gasteiger partial charge in [-0.15, -0.1) is 0 Å². The van der Waals surface area contributed by atoms with Crippen LogP contribution in [0.5, 0.6) is 0 Å². The van der Waals surface area contributed by atoms with E-state index in [1.54, 1.807) is 0 Å². The van der Waals surface area contributed by atoms with E-state index >= 15 is 0 Å². The van der Waals surface area contributed by atoms with E-state index in [1.807, 2.05) is 6.92 Å². The van der Waals surface area contributed by atoms with Gasteiger partial charge in [-0.05, 0) is 19.4 Å². The van der Waals surface area contributed by atoms with Gasteiger partial charge in [-0.3, -0.25) is 9.78 Å². The second-order valence-electron chi connectivity index (χ2n) is 3.80. The van der Waals surface area contributed by atoms with Crippen molar-refractivity contribution in [3.05, 3.63) is 29.8 Å². The van der Waals surface area contributed by atoms with Gasteiger partial charge in [0.05, 0.1) is 23.9 Å². The van der Waals surface area contributed by atoms with Crippen LogP contribution in [0.2, 0.25) is 0 Å². The first kappa shape index (κ1) is 11.0. The number of halogens is 1. The maximum atomic E-state index is 13.3. The smallest absolute Gasteiger partial charge is 0.254 e. The predicted octanol–water partition coefficient (Wildman–Crippen LogP) is 1.13. The molecule has 1 saturated heterocycles. The van der Waals surface area contributed by atoms with E-state index in [-0.39, 0.29) is 17.7 Å². The molecule has 16 heavy (non-hydrogen) atoms. The molecule has 4 nitrogen and oxygen atoms in total. The molecule has 1 N–H and O–H groups in total. The molecule has 2 rings (SSSR count). The summed E-state index contributed by atoms with van der Waals surface area (Å²) in [6, 6.07) is 1.32. The van der Waals surface area contributed by atoms with Gasteiger partial charge in [0.25, 0.3) is 5.91 Å². The molecule has 2 atom stereocenters. The van der Waals surface area contributed by atoms with Crippen LogP contribution in [0.25, 0.3) is 0 Å². The number of rotatable bonds is 2. The third kappa shape index (κ3) is 2.19. The van der Waals surface area contributed by atoms with Crippen LogP contribution in [0.15, 0.2) is 18.5 Å². The summed E-state index contributed by atoms with van der Waals surface area (Å²) < 4.78 is 18.6. The molecule has 1 aliphatic heterocycles. The van der Waals surface area contributed by atoms with Crippen LogP contribution in [-0.4, -0.2) is 29.6 Å². The molecule has 1 aliphatic rings. The van der Waals surface area contributed by atoms with Gasteiger partial charge in [0.1, 0.15) is 0 Å². The molecule has 0 aliphatic carbocycles. The Hall–Kier alpha value is -1.49. The maximum Gasteiger partial charge on any atom is 0.254 e. The summed E-state index contributed by atoms with van der Waals surface area (Å²) in [5, 5.41) is 2.75. The molecule has 1 amide bonds. The van der Waals surface area contributed by atoms with Crippen molar-refractivity contribution in [1.82, 2.24) is 10.3 Å². The minimum atomic E-state index is -0.605. The van der Waals surface area contributed by atoms with Crippen molar-refractivity contribution in [3.63, 3.8) is 0 Å². The Kier molecular flexibility index (Phi) is 3.14. The Balaban J connectivity index is 2.06. The zero-order valence-corrected chi connectivity index (χ0v) is 8.94. The van der Waals surface area contributed by atoms with E-state index in [0.29, 0.717) is 6.61 Å². The third-order valence-electron chi connectivity index (χ3n) is 2.71. The maximum absolute atomic E-state index is 13.3. The third-order valence-corrected chi connectivity index (χ3v) is 2.71. The molecule has 0 radical (unpaired) electrons. The van der Waals surface area contributed by atoms with Crippen LogP contribution >= 0.6 is 0 Å². The molecule has 1 aromatic heterocycles. The predicted molar refractivity (Wildman–Crippen MR) is 55.5 cm³/mol. The highest BCUT2D eigenvalue weighted by Crippen LogP contribution is 2.14. The molecule has 1 fully saturated rings. The van der Waals surface area contributed by atoms with Crippen molar-refractivity contribution in [1.29, 1.82) is 0 Å². The van der Waals surface area contributed by atoms with Crippen molar-refractivity contribution < 1.29 is 13.9 Å². The average Bonchev–Trinajstić information content (AvgIpc) is 2.65. The van der Waals surface area contributed by atoms with Gasteiger partial charge in [0.2, 0.25) is 0 Å². The lowest BCUT2D eigenvalue weighted by molar-refractivity contribution is 0.0862. The van der Waals surface area contributed by atoms with Crippen LogP contribution in [-0.2, 0) is 4.74 Å². The fraction of sp³-hybridized carbons (Fsp3) is 0.455. The summed E-state index contributed by atoms with van der Waals surface area (Å²) in [5.41, 5.74) is 0.0223. The lowest BCUT2D eigenvalue weighted by Crippen LogP contribution is -2.39. The number of carbonyl (C=O) groups excluding carboxylic acids is 1. The Labute approximate surface area is 92.8 Å². The van der Waals surface area contributed by atoms with E-state index < -0.39 is 11.7 Å². The number of nitrogens with one attached hydrogen (secondary N) is 1. The van der Waals surface area contributed by atoms with Crippen molar-refractivity contribution in [3.8, 4) is 0 Å². The van der Waals surface area contributed by atoms with Crippen molar-refractivity contribution in [2.45, 2.75) is 25.5 Å². The van der Waals surface area contributed by atoms with Crippen LogP contribution < -0.4 is 5.32 Å². The van der Waals surface area contributed by atoms with Gasteiger partial charge in [-0.1, -0.05) is 0 Å². The molecule has 0 aromatic carbocycles. The molecule has 2 unspecified atom stereocenters. The Morgan fingerprint density at radius 3 is 3.12 bits per heavy atom. The first-order valence-corrected chi connectivity index (χ1v) is 5.20. The lowest BCUT2D eigenvalue weighted by Gasteiger charge is -2.15. The topological polar surface area (TPSA) is 51.2 Å². The monoisotopic (exact) mass is 224 g/mol. The van der Waals surface area contributed by atoms with Crippen LogP contribution in [0, 0.1) is 5.82 Å². The number of aromatic nitrogens is 1. The molecule has 5 heteroatoms. The zero-order chi connectivity index (χ0) is 11.5. The van der Waals surface area contributed by atoms with E-state index in [9.17, 15) is 9.18 Å². The fourth-order valence-electron chi connectivity index (χ4n) is 1.73. The summed E-state index contributed by atoms with van der Waals surface area (Å²) >= 11 is 0. The van der Waals surface area contributed by atoms with E-state index in [4.69, 9.17) is 4.74 Å². The fourth-order valence-corrected chi connectivity index (χ4v) is 1.73. The summed E-state index contributed by atoms with van der Waals surface area (Å²) in [6.07, 6.45) is 3.17. The highest BCUT2D eigenvalue weighted by molar-refractivity contribution is 5.94. The van der Waals surface area contributed by atoms with E-state index in [1.165, 1.54) is 12.3 Å². The highest BCUT2D eigenvalue weighted by atomic mass is 19.1. The molecule has 86 valence electrons. The molecule has 2 heterocycles. The van der Waals surface area contributed by atoms with Gasteiger partial charge in [0.15, 0.2) is 5.82 Å². The van der Waals surface area contributed by atoms with E-state index in [0.717, 1.165) is 12.6 Å². The molecule has 1 aromatic rings. The molecular formula is C11H13FN2O2. The van der Waals surface area contributed by atoms with Crippen molar-refractivity contribution in [2.75, 3.05) is 6.61 Å². The van der Waals surface area contributed by atoms with E-state index in [2.05, 4.69) is 10.3 Å². The summed E-state index contributed by atoms with van der Waals surface area (Å²) in [5.74, 6) is -1.02. The van der Waals surface area contributed by atoms with Crippen molar-refractivity contribution >= 4 is 5.91 Å². The number of nitrogens with zero attached hydrogens (tertiary/aromatic N) is 1.